The van der Waals surface area contributed by atoms with Crippen LogP contribution in [0, 0.1) is 5.92 Å². The van der Waals surface area contributed by atoms with Crippen molar-refractivity contribution in [2.24, 2.45) is 5.92 Å². The first kappa shape index (κ1) is 17.3. The fourth-order valence-electron chi connectivity index (χ4n) is 3.04. The molecule has 1 aliphatic rings. The Hall–Kier alpha value is -2.49. The highest BCUT2D eigenvalue weighted by Crippen LogP contribution is 2.22. The van der Waals surface area contributed by atoms with Gasteiger partial charge in [0, 0.05) is 37.8 Å². The molecule has 1 aliphatic heterocycles. The molecule has 0 radical (unpaired) electrons. The van der Waals surface area contributed by atoms with Gasteiger partial charge in [-0.25, -0.2) is 0 Å². The molecule has 0 atom stereocenters. The molecule has 0 N–H and O–H groups in total. The number of nitrogens with zero attached hydrogens (tertiary/aromatic N) is 2. The molecule has 0 spiro atoms. The molecule has 0 unspecified atom stereocenters. The van der Waals surface area contributed by atoms with Crippen LogP contribution in [0.4, 0.5) is 5.69 Å². The summed E-state index contributed by atoms with van der Waals surface area (Å²) in [6.45, 7) is 7.85. The molecular weight excluding hydrogens is 312 g/mol. The van der Waals surface area contributed by atoms with Crippen LogP contribution in [-0.2, 0) is 11.4 Å². The Kier molecular flexibility index (Phi) is 5.59. The van der Waals surface area contributed by atoms with E-state index in [9.17, 15) is 4.79 Å². The summed E-state index contributed by atoms with van der Waals surface area (Å²) < 4.78 is 5.84. The van der Waals surface area contributed by atoms with Crippen LogP contribution in [0.25, 0.3) is 0 Å². The molecule has 1 saturated heterocycles. The smallest absolute Gasteiger partial charge is 0.225 e. The standard InChI is InChI=1S/C21H26N2O2/c1-17(2)21(24)23-14-12-22(13-15-23)19-8-10-20(11-9-19)25-16-18-6-4-3-5-7-18/h3-11,17H,12-16H2,1-2H3. The van der Waals surface area contributed by atoms with Crippen molar-refractivity contribution >= 4 is 11.6 Å². The van der Waals surface area contributed by atoms with E-state index < -0.39 is 0 Å². The second kappa shape index (κ2) is 8.06. The third-order valence-electron chi connectivity index (χ3n) is 4.54. The summed E-state index contributed by atoms with van der Waals surface area (Å²) in [7, 11) is 0. The number of hydrogen-bond donors (Lipinski definition) is 0. The van der Waals surface area contributed by atoms with Crippen molar-refractivity contribution in [1.29, 1.82) is 0 Å². The molecule has 25 heavy (non-hydrogen) atoms. The Bertz CT molecular complexity index is 675. The van der Waals surface area contributed by atoms with Crippen molar-refractivity contribution in [1.82, 2.24) is 4.90 Å². The predicted octanol–water partition coefficient (Wildman–Crippen LogP) is 3.57. The lowest BCUT2D eigenvalue weighted by molar-refractivity contribution is -0.134. The Morgan fingerprint density at radius 2 is 1.60 bits per heavy atom. The zero-order chi connectivity index (χ0) is 17.6. The maximum absolute atomic E-state index is 12.1. The summed E-state index contributed by atoms with van der Waals surface area (Å²) in [5, 5.41) is 0. The van der Waals surface area contributed by atoms with Crippen LogP contribution in [0.5, 0.6) is 5.75 Å². The number of anilines is 1. The number of benzene rings is 2. The third-order valence-corrected chi connectivity index (χ3v) is 4.54. The van der Waals surface area contributed by atoms with Gasteiger partial charge in [0.25, 0.3) is 0 Å². The zero-order valence-corrected chi connectivity index (χ0v) is 15.0. The van der Waals surface area contributed by atoms with Gasteiger partial charge in [-0.3, -0.25) is 4.79 Å². The Balaban J connectivity index is 1.52. The molecular formula is C21H26N2O2. The van der Waals surface area contributed by atoms with E-state index in [1.165, 1.54) is 5.69 Å². The second-order valence-corrected chi connectivity index (χ2v) is 6.74. The van der Waals surface area contributed by atoms with E-state index in [1.807, 2.05) is 49.1 Å². The summed E-state index contributed by atoms with van der Waals surface area (Å²) >= 11 is 0. The summed E-state index contributed by atoms with van der Waals surface area (Å²) in [4.78, 5) is 16.4. The van der Waals surface area contributed by atoms with Gasteiger partial charge < -0.3 is 14.5 Å². The number of rotatable bonds is 5. The van der Waals surface area contributed by atoms with Crippen LogP contribution in [0.1, 0.15) is 19.4 Å². The topological polar surface area (TPSA) is 32.8 Å². The molecule has 0 saturated carbocycles. The van der Waals surface area contributed by atoms with E-state index in [-0.39, 0.29) is 11.8 Å². The molecule has 2 aromatic rings. The van der Waals surface area contributed by atoms with E-state index in [1.54, 1.807) is 0 Å². The van der Waals surface area contributed by atoms with E-state index in [0.717, 1.165) is 37.5 Å². The highest BCUT2D eigenvalue weighted by molar-refractivity contribution is 5.78. The Morgan fingerprint density at radius 3 is 2.20 bits per heavy atom. The first-order valence-electron chi connectivity index (χ1n) is 8.94. The van der Waals surface area contributed by atoms with E-state index in [2.05, 4.69) is 29.2 Å². The number of carbonyl (C=O) groups is 1. The number of amides is 1. The SMILES string of the molecule is CC(C)C(=O)N1CCN(c2ccc(OCc3ccccc3)cc2)CC1. The fourth-order valence-corrected chi connectivity index (χ4v) is 3.04. The average Bonchev–Trinajstić information content (AvgIpc) is 2.67. The van der Waals surface area contributed by atoms with Gasteiger partial charge in [-0.15, -0.1) is 0 Å². The van der Waals surface area contributed by atoms with Gasteiger partial charge in [-0.1, -0.05) is 44.2 Å². The van der Waals surface area contributed by atoms with Crippen molar-refractivity contribution in [3.8, 4) is 5.75 Å². The molecule has 4 heteroatoms. The van der Waals surface area contributed by atoms with Gasteiger partial charge in [-0.05, 0) is 29.8 Å². The van der Waals surface area contributed by atoms with Crippen LogP contribution >= 0.6 is 0 Å². The Labute approximate surface area is 150 Å². The Morgan fingerprint density at radius 1 is 0.960 bits per heavy atom. The van der Waals surface area contributed by atoms with Crippen molar-refractivity contribution < 1.29 is 9.53 Å². The molecule has 0 bridgehead atoms. The van der Waals surface area contributed by atoms with Gasteiger partial charge in [0.1, 0.15) is 12.4 Å². The van der Waals surface area contributed by atoms with Gasteiger partial charge in [-0.2, -0.15) is 0 Å². The lowest BCUT2D eigenvalue weighted by Crippen LogP contribution is -2.49. The van der Waals surface area contributed by atoms with Gasteiger partial charge in [0.2, 0.25) is 5.91 Å². The number of ether oxygens (including phenoxy) is 1. The lowest BCUT2D eigenvalue weighted by atomic mass is 10.1. The molecule has 1 fully saturated rings. The minimum Gasteiger partial charge on any atom is -0.489 e. The van der Waals surface area contributed by atoms with Gasteiger partial charge in [0.05, 0.1) is 0 Å². The maximum atomic E-state index is 12.1. The van der Waals surface area contributed by atoms with Crippen molar-refractivity contribution in [3.63, 3.8) is 0 Å². The predicted molar refractivity (Wildman–Crippen MR) is 101 cm³/mol. The minimum absolute atomic E-state index is 0.0765. The zero-order valence-electron chi connectivity index (χ0n) is 15.0. The summed E-state index contributed by atoms with van der Waals surface area (Å²) in [5.74, 6) is 1.21. The second-order valence-electron chi connectivity index (χ2n) is 6.74. The minimum atomic E-state index is 0.0765. The quantitative estimate of drug-likeness (QED) is 0.835. The fraction of sp³-hybridized carbons (Fsp3) is 0.381. The average molecular weight is 338 g/mol. The molecule has 2 aromatic carbocycles. The molecule has 1 heterocycles. The van der Waals surface area contributed by atoms with E-state index in [0.29, 0.717) is 6.61 Å². The summed E-state index contributed by atoms with van der Waals surface area (Å²) in [5.41, 5.74) is 2.35. The normalized spacial score (nSPS) is 14.7. The van der Waals surface area contributed by atoms with Crippen LogP contribution in [0.2, 0.25) is 0 Å². The number of carbonyl (C=O) groups excluding carboxylic acids is 1. The maximum Gasteiger partial charge on any atom is 0.225 e. The van der Waals surface area contributed by atoms with E-state index >= 15 is 0 Å². The number of piperazine rings is 1. The summed E-state index contributed by atoms with van der Waals surface area (Å²) in [6, 6.07) is 18.4. The highest BCUT2D eigenvalue weighted by Gasteiger charge is 2.22. The van der Waals surface area contributed by atoms with Gasteiger partial charge in [0.15, 0.2) is 0 Å². The van der Waals surface area contributed by atoms with Crippen LogP contribution < -0.4 is 9.64 Å². The van der Waals surface area contributed by atoms with Crippen molar-refractivity contribution in [2.75, 3.05) is 31.1 Å². The van der Waals surface area contributed by atoms with Crippen molar-refractivity contribution in [3.05, 3.63) is 60.2 Å². The third kappa shape index (κ3) is 4.53. The monoisotopic (exact) mass is 338 g/mol. The van der Waals surface area contributed by atoms with Crippen LogP contribution in [0.15, 0.2) is 54.6 Å². The van der Waals surface area contributed by atoms with E-state index in [4.69, 9.17) is 4.74 Å². The van der Waals surface area contributed by atoms with Gasteiger partial charge >= 0.3 is 0 Å². The number of hydrogen-bond acceptors (Lipinski definition) is 3. The lowest BCUT2D eigenvalue weighted by Gasteiger charge is -2.37. The first-order valence-corrected chi connectivity index (χ1v) is 8.94. The molecule has 0 aromatic heterocycles. The molecule has 3 rings (SSSR count). The van der Waals surface area contributed by atoms with Crippen LogP contribution in [0.3, 0.4) is 0 Å². The summed E-state index contributed by atoms with van der Waals surface area (Å²) in [6.07, 6.45) is 0. The first-order chi connectivity index (χ1) is 12.1. The molecule has 132 valence electrons. The molecule has 0 aliphatic carbocycles. The van der Waals surface area contributed by atoms with Crippen molar-refractivity contribution in [2.45, 2.75) is 20.5 Å². The molecule has 4 nitrogen and oxygen atoms in total. The largest absolute Gasteiger partial charge is 0.489 e. The molecule has 1 amide bonds. The van der Waals surface area contributed by atoms with Crippen LogP contribution in [-0.4, -0.2) is 37.0 Å². The highest BCUT2D eigenvalue weighted by atomic mass is 16.5.